The first-order chi connectivity index (χ1) is 11.9. The number of nitrogens with zero attached hydrogens (tertiary/aromatic N) is 2. The molecular formula is C20H36N4O. The lowest BCUT2D eigenvalue weighted by atomic mass is 10.1. The number of benzene rings is 1. The summed E-state index contributed by atoms with van der Waals surface area (Å²) >= 11 is 0. The SMILES string of the molecule is CCNC(=NCC(O)Cc1ccccc1)NCCN(C(C)C)C(C)C. The van der Waals surface area contributed by atoms with Gasteiger partial charge in [-0.15, -0.1) is 0 Å². The predicted molar refractivity (Wildman–Crippen MR) is 107 cm³/mol. The van der Waals surface area contributed by atoms with Crippen LogP contribution >= 0.6 is 0 Å². The van der Waals surface area contributed by atoms with Crippen molar-refractivity contribution in [2.24, 2.45) is 4.99 Å². The molecule has 5 nitrogen and oxygen atoms in total. The van der Waals surface area contributed by atoms with Crippen LogP contribution < -0.4 is 10.6 Å². The molecule has 1 unspecified atom stereocenters. The van der Waals surface area contributed by atoms with Gasteiger partial charge in [-0.3, -0.25) is 9.89 Å². The summed E-state index contributed by atoms with van der Waals surface area (Å²) in [5.41, 5.74) is 1.13. The molecule has 0 spiro atoms. The summed E-state index contributed by atoms with van der Waals surface area (Å²) in [5.74, 6) is 0.766. The normalized spacial score (nSPS) is 13.6. The largest absolute Gasteiger partial charge is 0.391 e. The number of aliphatic imine (C=N–C) groups is 1. The molecule has 1 aromatic carbocycles. The van der Waals surface area contributed by atoms with Gasteiger partial charge >= 0.3 is 0 Å². The van der Waals surface area contributed by atoms with Gasteiger partial charge in [0.05, 0.1) is 12.6 Å². The van der Waals surface area contributed by atoms with Crippen LogP contribution in [0.2, 0.25) is 0 Å². The summed E-state index contributed by atoms with van der Waals surface area (Å²) < 4.78 is 0. The molecule has 142 valence electrons. The molecule has 3 N–H and O–H groups in total. The molecule has 25 heavy (non-hydrogen) atoms. The molecule has 0 bridgehead atoms. The molecule has 0 saturated carbocycles. The maximum absolute atomic E-state index is 10.2. The highest BCUT2D eigenvalue weighted by molar-refractivity contribution is 5.79. The van der Waals surface area contributed by atoms with Crippen molar-refractivity contribution in [2.45, 2.75) is 59.2 Å². The first-order valence-electron chi connectivity index (χ1n) is 9.44. The summed E-state index contributed by atoms with van der Waals surface area (Å²) in [6.45, 7) is 13.9. The minimum Gasteiger partial charge on any atom is -0.391 e. The maximum atomic E-state index is 10.2. The topological polar surface area (TPSA) is 59.9 Å². The van der Waals surface area contributed by atoms with E-state index in [1.54, 1.807) is 0 Å². The van der Waals surface area contributed by atoms with E-state index in [2.05, 4.69) is 48.2 Å². The number of hydrogen-bond donors (Lipinski definition) is 3. The highest BCUT2D eigenvalue weighted by Crippen LogP contribution is 2.04. The highest BCUT2D eigenvalue weighted by Gasteiger charge is 2.12. The minimum atomic E-state index is -0.472. The van der Waals surface area contributed by atoms with Crippen molar-refractivity contribution in [3.05, 3.63) is 35.9 Å². The van der Waals surface area contributed by atoms with Gasteiger partial charge in [-0.2, -0.15) is 0 Å². The fourth-order valence-corrected chi connectivity index (χ4v) is 2.91. The van der Waals surface area contributed by atoms with Crippen LogP contribution in [0.5, 0.6) is 0 Å². The van der Waals surface area contributed by atoms with Gasteiger partial charge in [0, 0.05) is 38.1 Å². The molecule has 0 aromatic heterocycles. The second-order valence-electron chi connectivity index (χ2n) is 6.92. The van der Waals surface area contributed by atoms with E-state index in [1.165, 1.54) is 0 Å². The van der Waals surface area contributed by atoms with Crippen LogP contribution in [0.1, 0.15) is 40.2 Å². The highest BCUT2D eigenvalue weighted by atomic mass is 16.3. The zero-order valence-corrected chi connectivity index (χ0v) is 16.5. The summed E-state index contributed by atoms with van der Waals surface area (Å²) in [6, 6.07) is 11.1. The van der Waals surface area contributed by atoms with E-state index < -0.39 is 6.10 Å². The second-order valence-corrected chi connectivity index (χ2v) is 6.92. The Kier molecular flexibility index (Phi) is 10.2. The van der Waals surface area contributed by atoms with Gasteiger partial charge in [0.1, 0.15) is 0 Å². The Morgan fingerprint density at radius 1 is 1.08 bits per heavy atom. The summed E-state index contributed by atoms with van der Waals surface area (Å²) in [6.07, 6.45) is 0.152. The van der Waals surface area contributed by atoms with Crippen molar-refractivity contribution in [3.8, 4) is 0 Å². The molecule has 1 rings (SSSR count). The zero-order chi connectivity index (χ0) is 18.7. The molecule has 0 aliphatic heterocycles. The van der Waals surface area contributed by atoms with E-state index in [0.29, 0.717) is 25.0 Å². The van der Waals surface area contributed by atoms with Crippen LogP contribution in [0, 0.1) is 0 Å². The average molecular weight is 349 g/mol. The van der Waals surface area contributed by atoms with Crippen molar-refractivity contribution in [1.29, 1.82) is 0 Å². The number of nitrogens with one attached hydrogen (secondary N) is 2. The monoisotopic (exact) mass is 348 g/mol. The van der Waals surface area contributed by atoms with Gasteiger partial charge < -0.3 is 15.7 Å². The van der Waals surface area contributed by atoms with Crippen LogP contribution in [-0.4, -0.2) is 60.3 Å². The third-order valence-corrected chi connectivity index (χ3v) is 4.11. The van der Waals surface area contributed by atoms with Crippen LogP contribution in [0.25, 0.3) is 0 Å². The van der Waals surface area contributed by atoms with Gasteiger partial charge in [0.2, 0.25) is 0 Å². The molecule has 0 radical (unpaired) electrons. The van der Waals surface area contributed by atoms with Crippen LogP contribution in [0.15, 0.2) is 35.3 Å². The van der Waals surface area contributed by atoms with Crippen molar-refractivity contribution in [2.75, 3.05) is 26.2 Å². The van der Waals surface area contributed by atoms with Gasteiger partial charge in [-0.25, -0.2) is 0 Å². The Morgan fingerprint density at radius 2 is 1.72 bits per heavy atom. The molecule has 1 aromatic rings. The second kappa shape index (κ2) is 11.9. The number of guanidine groups is 1. The van der Waals surface area contributed by atoms with Gasteiger partial charge in [-0.05, 0) is 40.2 Å². The van der Waals surface area contributed by atoms with E-state index in [0.717, 1.165) is 31.2 Å². The van der Waals surface area contributed by atoms with Crippen LogP contribution in [0.3, 0.4) is 0 Å². The van der Waals surface area contributed by atoms with E-state index in [-0.39, 0.29) is 0 Å². The van der Waals surface area contributed by atoms with Crippen molar-refractivity contribution < 1.29 is 5.11 Å². The van der Waals surface area contributed by atoms with Crippen molar-refractivity contribution in [3.63, 3.8) is 0 Å². The van der Waals surface area contributed by atoms with E-state index in [1.807, 2.05) is 37.3 Å². The Morgan fingerprint density at radius 3 is 2.28 bits per heavy atom. The van der Waals surface area contributed by atoms with E-state index in [4.69, 9.17) is 0 Å². The van der Waals surface area contributed by atoms with Gasteiger partial charge in [0.25, 0.3) is 0 Å². The standard InChI is InChI=1S/C20H36N4O/c1-6-21-20(22-12-13-24(16(2)3)17(4)5)23-15-19(25)14-18-10-8-7-9-11-18/h7-11,16-17,19,25H,6,12-15H2,1-5H3,(H2,21,22,23). The number of hydrogen-bond acceptors (Lipinski definition) is 3. The quantitative estimate of drug-likeness (QED) is 0.448. The number of aliphatic hydroxyl groups is 1. The molecular weight excluding hydrogens is 312 g/mol. The fraction of sp³-hybridized carbons (Fsp3) is 0.650. The molecule has 0 saturated heterocycles. The zero-order valence-electron chi connectivity index (χ0n) is 16.5. The first-order valence-corrected chi connectivity index (χ1v) is 9.44. The Balaban J connectivity index is 2.47. The van der Waals surface area contributed by atoms with Crippen molar-refractivity contribution in [1.82, 2.24) is 15.5 Å². The van der Waals surface area contributed by atoms with Crippen LogP contribution in [0.4, 0.5) is 0 Å². The summed E-state index contributed by atoms with van der Waals surface area (Å²) in [4.78, 5) is 6.97. The predicted octanol–water partition coefficient (Wildman–Crippen LogP) is 2.26. The fourth-order valence-electron chi connectivity index (χ4n) is 2.91. The Labute approximate surface area is 153 Å². The molecule has 0 heterocycles. The first kappa shape index (κ1) is 21.5. The molecule has 0 aliphatic carbocycles. The third-order valence-electron chi connectivity index (χ3n) is 4.11. The molecule has 0 fully saturated rings. The average Bonchev–Trinajstić information content (AvgIpc) is 2.56. The lowest BCUT2D eigenvalue weighted by Gasteiger charge is -2.30. The van der Waals surface area contributed by atoms with Gasteiger partial charge in [0.15, 0.2) is 5.96 Å². The van der Waals surface area contributed by atoms with Crippen LogP contribution in [-0.2, 0) is 6.42 Å². The lowest BCUT2D eigenvalue weighted by Crippen LogP contribution is -2.45. The minimum absolute atomic E-state index is 0.391. The number of rotatable bonds is 10. The molecule has 0 aliphatic rings. The Hall–Kier alpha value is -1.59. The van der Waals surface area contributed by atoms with Crippen molar-refractivity contribution >= 4 is 5.96 Å². The number of aliphatic hydroxyl groups excluding tert-OH is 1. The lowest BCUT2D eigenvalue weighted by molar-refractivity contribution is 0.178. The third kappa shape index (κ3) is 8.89. The Bertz CT molecular complexity index is 480. The summed E-state index contributed by atoms with van der Waals surface area (Å²) in [7, 11) is 0. The molecule has 0 amide bonds. The maximum Gasteiger partial charge on any atom is 0.191 e. The van der Waals surface area contributed by atoms with E-state index in [9.17, 15) is 5.11 Å². The smallest absolute Gasteiger partial charge is 0.191 e. The molecule has 1 atom stereocenters. The van der Waals surface area contributed by atoms with Gasteiger partial charge in [-0.1, -0.05) is 30.3 Å². The molecule has 5 heteroatoms. The summed E-state index contributed by atoms with van der Waals surface area (Å²) in [5, 5.41) is 16.8. The van der Waals surface area contributed by atoms with E-state index >= 15 is 0 Å².